The van der Waals surface area contributed by atoms with Crippen LogP contribution in [0.2, 0.25) is 0 Å². The maximum absolute atomic E-state index is 12.4. The first-order chi connectivity index (χ1) is 23.1. The fourth-order valence-electron chi connectivity index (χ4n) is 10.2. The van der Waals surface area contributed by atoms with Crippen LogP contribution in [0.1, 0.15) is 118 Å². The van der Waals surface area contributed by atoms with Gasteiger partial charge in [0.1, 0.15) is 12.1 Å². The summed E-state index contributed by atoms with van der Waals surface area (Å²) in [4.78, 5) is 59.8. The van der Waals surface area contributed by atoms with Crippen molar-refractivity contribution in [3.63, 3.8) is 0 Å². The number of carboxylic acid groups (broad SMARTS) is 2. The lowest BCUT2D eigenvalue weighted by Gasteiger charge is -2.62. The predicted molar refractivity (Wildman–Crippen MR) is 177 cm³/mol. The van der Waals surface area contributed by atoms with E-state index in [0.29, 0.717) is 36.0 Å². The number of fused-ring (bicyclic) bond motifs is 5. The first kappa shape index (κ1) is 38.9. The molecule has 4 aliphatic rings. The summed E-state index contributed by atoms with van der Waals surface area (Å²) in [5.41, 5.74) is -0.00506. The molecule has 0 aromatic rings. The summed E-state index contributed by atoms with van der Waals surface area (Å²) in [6.45, 7) is 7.62. The molecule has 4 aliphatic carbocycles. The smallest absolute Gasteiger partial charge is 0.326 e. The van der Waals surface area contributed by atoms with E-state index < -0.39 is 54.9 Å². The molecule has 13 nitrogen and oxygen atoms in total. The van der Waals surface area contributed by atoms with E-state index in [0.717, 1.165) is 57.8 Å². The normalized spacial score (nSPS) is 34.8. The van der Waals surface area contributed by atoms with E-state index in [1.54, 1.807) is 13.8 Å². The summed E-state index contributed by atoms with van der Waals surface area (Å²) in [5.74, 6) is -1.63. The van der Waals surface area contributed by atoms with Crippen molar-refractivity contribution >= 4 is 29.9 Å². The zero-order valence-electron chi connectivity index (χ0n) is 29.5. The second-order valence-corrected chi connectivity index (χ2v) is 16.1. The van der Waals surface area contributed by atoms with Gasteiger partial charge in [-0.15, -0.1) is 0 Å². The number of nitrogens with one attached hydrogen (secondary N) is 2. The lowest BCUT2D eigenvalue weighted by Crippen LogP contribution is -2.58. The molecule has 4 saturated carbocycles. The molecule has 6 N–H and O–H groups in total. The zero-order chi connectivity index (χ0) is 36.1. The molecule has 0 aliphatic heterocycles. The minimum Gasteiger partial charge on any atom is -0.480 e. The number of hydrogen-bond donors (Lipinski definition) is 6. The summed E-state index contributed by atoms with van der Waals surface area (Å²) in [7, 11) is 0. The van der Waals surface area contributed by atoms with E-state index >= 15 is 0 Å². The van der Waals surface area contributed by atoms with Crippen LogP contribution in [0.5, 0.6) is 0 Å². The minimum atomic E-state index is -1.46. The van der Waals surface area contributed by atoms with Gasteiger partial charge in [0.15, 0.2) is 0 Å². The van der Waals surface area contributed by atoms with Crippen molar-refractivity contribution in [1.82, 2.24) is 10.6 Å². The Bertz CT molecular complexity index is 1210. The average molecular weight is 695 g/mol. The van der Waals surface area contributed by atoms with Crippen molar-refractivity contribution in [2.24, 2.45) is 46.3 Å². The quantitative estimate of drug-likeness (QED) is 0.106. The number of esters is 2. The number of rotatable bonds is 15. The van der Waals surface area contributed by atoms with Crippen LogP contribution in [0, 0.1) is 46.3 Å². The summed E-state index contributed by atoms with van der Waals surface area (Å²) in [6, 6.07) is -3.64. The number of carbonyl (C=O) groups excluding carboxylic acids is 3. The van der Waals surface area contributed by atoms with Gasteiger partial charge in [0.05, 0.1) is 12.2 Å². The highest BCUT2D eigenvalue weighted by Crippen LogP contribution is 2.67. The molecular weight excluding hydrogens is 636 g/mol. The van der Waals surface area contributed by atoms with E-state index in [-0.39, 0.29) is 48.5 Å². The molecule has 0 aromatic heterocycles. The van der Waals surface area contributed by atoms with Crippen molar-refractivity contribution < 1.29 is 53.9 Å². The van der Waals surface area contributed by atoms with Crippen LogP contribution in [-0.2, 0) is 28.7 Å². The summed E-state index contributed by atoms with van der Waals surface area (Å²) in [6.07, 6.45) is 8.43. The fourth-order valence-corrected chi connectivity index (χ4v) is 10.2. The van der Waals surface area contributed by atoms with Crippen LogP contribution >= 0.6 is 0 Å². The molecule has 0 bridgehead atoms. The number of aliphatic hydroxyl groups is 2. The minimum absolute atomic E-state index is 0.0224. The maximum Gasteiger partial charge on any atom is 0.326 e. The number of aliphatic hydroxyl groups excluding tert-OH is 2. The Morgan fingerprint density at radius 1 is 0.816 bits per heavy atom. The second kappa shape index (κ2) is 16.4. The fraction of sp³-hybridized carbons (Fsp3) is 0.861. The molecule has 11 atom stereocenters. The largest absolute Gasteiger partial charge is 0.480 e. The standard InChI is InChI=1S/C36H58N2O11/c1-20(2)16-28(33(45)46)38-34(47)37-27(32(43)44)12-13-31(42)49-19-48-30(41)7-5-6-21-9-11-25-24-10-8-22-17-23(39)14-15-35(22,3)26(24)18-29(40)36(21,25)4/h20-29,39-40H,5-19H2,1-4H3,(H,43,44)(H,45,46)(H2,37,38,47)/t21?,22-,23-,24?,25?,26?,27+,28+,29+,35+,36-/m1/s1. The van der Waals surface area contributed by atoms with Crippen LogP contribution < -0.4 is 10.6 Å². The topological polar surface area (TPSA) is 209 Å². The van der Waals surface area contributed by atoms with Gasteiger partial charge in [0.25, 0.3) is 0 Å². The van der Waals surface area contributed by atoms with Crippen molar-refractivity contribution in [1.29, 1.82) is 0 Å². The maximum atomic E-state index is 12.4. The molecule has 49 heavy (non-hydrogen) atoms. The number of hydrogen-bond acceptors (Lipinski definition) is 9. The van der Waals surface area contributed by atoms with Gasteiger partial charge in [0, 0.05) is 12.8 Å². The second-order valence-electron chi connectivity index (χ2n) is 16.1. The number of carboxylic acids is 2. The van der Waals surface area contributed by atoms with E-state index in [1.165, 1.54) is 0 Å². The van der Waals surface area contributed by atoms with Gasteiger partial charge >= 0.3 is 29.9 Å². The monoisotopic (exact) mass is 694 g/mol. The third kappa shape index (κ3) is 9.06. The lowest BCUT2D eigenvalue weighted by atomic mass is 9.44. The Kier molecular flexibility index (Phi) is 13.0. The Morgan fingerprint density at radius 3 is 2.12 bits per heavy atom. The van der Waals surface area contributed by atoms with Crippen LogP contribution in [0.4, 0.5) is 4.79 Å². The van der Waals surface area contributed by atoms with Crippen LogP contribution in [0.3, 0.4) is 0 Å². The highest BCUT2D eigenvalue weighted by Gasteiger charge is 2.63. The molecular formula is C36H58N2O11. The molecule has 0 radical (unpaired) electrons. The Balaban J connectivity index is 1.16. The Hall–Kier alpha value is -2.93. The number of amides is 2. The Morgan fingerprint density at radius 2 is 1.47 bits per heavy atom. The van der Waals surface area contributed by atoms with Gasteiger partial charge in [-0.3, -0.25) is 9.59 Å². The molecule has 4 fully saturated rings. The number of carbonyl (C=O) groups is 5. The number of urea groups is 1. The van der Waals surface area contributed by atoms with Crippen LogP contribution in [-0.4, -0.2) is 81.4 Å². The Labute approximate surface area is 289 Å². The summed E-state index contributed by atoms with van der Waals surface area (Å²) < 4.78 is 10.0. The van der Waals surface area contributed by atoms with Crippen LogP contribution in [0.25, 0.3) is 0 Å². The van der Waals surface area contributed by atoms with E-state index in [4.69, 9.17) is 9.47 Å². The molecule has 13 heteroatoms. The van der Waals surface area contributed by atoms with Crippen LogP contribution in [0.15, 0.2) is 0 Å². The highest BCUT2D eigenvalue weighted by atomic mass is 16.7. The van der Waals surface area contributed by atoms with Crippen molar-refractivity contribution in [3.05, 3.63) is 0 Å². The first-order valence-corrected chi connectivity index (χ1v) is 18.3. The zero-order valence-corrected chi connectivity index (χ0v) is 29.5. The molecule has 0 aromatic carbocycles. The molecule has 0 saturated heterocycles. The molecule has 0 heterocycles. The SMILES string of the molecule is CC(C)C[C@H](NC(=O)N[C@@H](CCC(=O)OCOC(=O)CCCC1CCC2C3CC[C@@H]4C[C@H](O)CC[C@]4(C)C3C[C@H](O)[C@]12C)C(=O)O)C(=O)O. The van der Waals surface area contributed by atoms with E-state index in [2.05, 4.69) is 24.5 Å². The summed E-state index contributed by atoms with van der Waals surface area (Å²) >= 11 is 0. The molecule has 2 amide bonds. The summed E-state index contributed by atoms with van der Waals surface area (Å²) in [5, 5.41) is 45.1. The van der Waals surface area contributed by atoms with Crippen molar-refractivity contribution in [2.75, 3.05) is 6.79 Å². The van der Waals surface area contributed by atoms with Crippen molar-refractivity contribution in [3.8, 4) is 0 Å². The lowest BCUT2D eigenvalue weighted by molar-refractivity contribution is -0.172. The van der Waals surface area contributed by atoms with E-state index in [9.17, 15) is 44.4 Å². The third-order valence-corrected chi connectivity index (χ3v) is 12.9. The van der Waals surface area contributed by atoms with Gasteiger partial charge in [-0.2, -0.15) is 0 Å². The number of ether oxygens (including phenoxy) is 2. The van der Waals surface area contributed by atoms with Gasteiger partial charge in [-0.1, -0.05) is 27.7 Å². The van der Waals surface area contributed by atoms with Gasteiger partial charge in [0.2, 0.25) is 6.79 Å². The predicted octanol–water partition coefficient (Wildman–Crippen LogP) is 4.22. The third-order valence-electron chi connectivity index (χ3n) is 12.9. The van der Waals surface area contributed by atoms with Crippen molar-refractivity contribution in [2.45, 2.75) is 142 Å². The van der Waals surface area contributed by atoms with Gasteiger partial charge in [-0.05, 0) is 123 Å². The highest BCUT2D eigenvalue weighted by molar-refractivity contribution is 5.86. The molecule has 278 valence electrons. The number of aliphatic carboxylic acids is 2. The molecule has 0 spiro atoms. The molecule has 4 unspecified atom stereocenters. The van der Waals surface area contributed by atoms with E-state index in [1.807, 2.05) is 0 Å². The molecule has 4 rings (SSSR count). The van der Waals surface area contributed by atoms with Gasteiger partial charge in [-0.25, -0.2) is 14.4 Å². The van der Waals surface area contributed by atoms with Gasteiger partial charge < -0.3 is 40.5 Å². The average Bonchev–Trinajstić information content (AvgIpc) is 3.36. The first-order valence-electron chi connectivity index (χ1n) is 18.3.